The second-order valence-electron chi connectivity index (χ2n) is 5.34. The van der Waals surface area contributed by atoms with E-state index in [1.165, 1.54) is 6.20 Å². The zero-order valence-corrected chi connectivity index (χ0v) is 12.9. The Morgan fingerprint density at radius 3 is 3.18 bits per heavy atom. The summed E-state index contributed by atoms with van der Waals surface area (Å²) in [5, 5.41) is 15.5. The number of hydrogen-bond acceptors (Lipinski definition) is 6. The molecule has 1 amide bonds. The second kappa shape index (κ2) is 6.49. The molecule has 3 rings (SSSR count). The Labute approximate surface area is 130 Å². The molecule has 2 N–H and O–H groups in total. The van der Waals surface area contributed by atoms with Crippen LogP contribution in [0.5, 0.6) is 0 Å². The number of aryl methyl sites for hydroxylation is 1. The minimum Gasteiger partial charge on any atom is -0.349 e. The molecule has 1 aliphatic rings. The Kier molecular flexibility index (Phi) is 4.44. The van der Waals surface area contributed by atoms with E-state index in [1.54, 1.807) is 11.3 Å². The lowest BCUT2D eigenvalue weighted by Crippen LogP contribution is -2.40. The maximum Gasteiger partial charge on any atom is 0.273 e. The van der Waals surface area contributed by atoms with Crippen molar-refractivity contribution < 1.29 is 9.18 Å². The predicted octanol–water partition coefficient (Wildman–Crippen LogP) is 0.912. The highest BCUT2D eigenvalue weighted by atomic mass is 32.1. The summed E-state index contributed by atoms with van der Waals surface area (Å²) in [5.41, 5.74) is 1.18. The summed E-state index contributed by atoms with van der Waals surface area (Å²) in [6, 6.07) is -0.0344. The van der Waals surface area contributed by atoms with Gasteiger partial charge in [-0.1, -0.05) is 0 Å². The number of aromatic amines is 1. The van der Waals surface area contributed by atoms with Crippen molar-refractivity contribution in [1.29, 1.82) is 0 Å². The fraction of sp³-hybridized carbons (Fsp3) is 0.538. The average Bonchev–Trinajstić information content (AvgIpc) is 3.19. The number of carbonyl (C=O) groups excluding carboxylic acids is 1. The molecule has 0 aromatic carbocycles. The van der Waals surface area contributed by atoms with Gasteiger partial charge in [-0.2, -0.15) is 15.4 Å². The van der Waals surface area contributed by atoms with Crippen molar-refractivity contribution >= 4 is 17.2 Å². The molecule has 1 fully saturated rings. The molecule has 3 heterocycles. The predicted molar refractivity (Wildman–Crippen MR) is 79.3 cm³/mol. The molecule has 0 unspecified atom stereocenters. The van der Waals surface area contributed by atoms with E-state index in [0.717, 1.165) is 10.7 Å². The molecule has 0 aliphatic carbocycles. The summed E-state index contributed by atoms with van der Waals surface area (Å²) in [7, 11) is 0. The number of nitrogens with one attached hydrogen (secondary N) is 2. The maximum absolute atomic E-state index is 13.7. The van der Waals surface area contributed by atoms with E-state index < -0.39 is 6.17 Å². The van der Waals surface area contributed by atoms with Gasteiger partial charge in [-0.15, -0.1) is 11.3 Å². The molecular weight excluding hydrogens is 307 g/mol. The standard InChI is InChI=1S/C13H17FN6OS/c1-8-17-10(7-22-8)6-20-5-9(14)2-11(20)3-15-13(21)12-4-16-19-18-12/h4,7,9,11H,2-3,5-6H2,1H3,(H,15,21)(H,16,18,19)/t9-,11-/m0/s1. The lowest BCUT2D eigenvalue weighted by Gasteiger charge is -2.23. The van der Waals surface area contributed by atoms with Crippen LogP contribution in [-0.2, 0) is 6.54 Å². The molecule has 1 aliphatic heterocycles. The van der Waals surface area contributed by atoms with E-state index in [9.17, 15) is 9.18 Å². The number of hydrogen-bond donors (Lipinski definition) is 2. The number of rotatable bonds is 5. The summed E-state index contributed by atoms with van der Waals surface area (Å²) < 4.78 is 13.7. The molecule has 118 valence electrons. The zero-order valence-electron chi connectivity index (χ0n) is 12.1. The van der Waals surface area contributed by atoms with Gasteiger partial charge in [-0.3, -0.25) is 9.69 Å². The summed E-state index contributed by atoms with van der Waals surface area (Å²) in [6.45, 7) is 3.32. The van der Waals surface area contributed by atoms with Gasteiger partial charge in [-0.05, 0) is 13.3 Å². The number of thiazole rings is 1. The van der Waals surface area contributed by atoms with E-state index in [-0.39, 0.29) is 17.6 Å². The van der Waals surface area contributed by atoms with Crippen LogP contribution in [0.25, 0.3) is 0 Å². The van der Waals surface area contributed by atoms with Crippen LogP contribution in [-0.4, -0.2) is 56.5 Å². The van der Waals surface area contributed by atoms with Crippen LogP contribution in [0.2, 0.25) is 0 Å². The number of halogens is 1. The van der Waals surface area contributed by atoms with E-state index in [1.807, 2.05) is 17.2 Å². The number of likely N-dealkylation sites (tertiary alicyclic amines) is 1. The molecule has 1 saturated heterocycles. The SMILES string of the molecule is Cc1nc(CN2C[C@@H](F)C[C@H]2CNC(=O)c2cn[nH]n2)cs1. The van der Waals surface area contributed by atoms with Crippen LogP contribution >= 0.6 is 11.3 Å². The molecule has 0 spiro atoms. The molecule has 7 nitrogen and oxygen atoms in total. The fourth-order valence-corrected chi connectivity index (χ4v) is 3.23. The van der Waals surface area contributed by atoms with Crippen molar-refractivity contribution in [3.63, 3.8) is 0 Å². The van der Waals surface area contributed by atoms with Crippen molar-refractivity contribution in [3.8, 4) is 0 Å². The molecule has 9 heteroatoms. The van der Waals surface area contributed by atoms with Gasteiger partial charge in [0.2, 0.25) is 0 Å². The maximum atomic E-state index is 13.7. The summed E-state index contributed by atoms with van der Waals surface area (Å²) in [6.07, 6.45) is 0.911. The van der Waals surface area contributed by atoms with Gasteiger partial charge in [0.25, 0.3) is 5.91 Å². The number of carbonyl (C=O) groups is 1. The van der Waals surface area contributed by atoms with Crippen LogP contribution in [0.1, 0.15) is 27.6 Å². The number of aromatic nitrogens is 4. The van der Waals surface area contributed by atoms with E-state index in [0.29, 0.717) is 26.1 Å². The topological polar surface area (TPSA) is 86.8 Å². The highest BCUT2D eigenvalue weighted by Crippen LogP contribution is 2.23. The van der Waals surface area contributed by atoms with Crippen LogP contribution in [0.3, 0.4) is 0 Å². The van der Waals surface area contributed by atoms with Gasteiger partial charge >= 0.3 is 0 Å². The molecular formula is C13H17FN6OS. The van der Waals surface area contributed by atoms with Crippen molar-refractivity contribution in [2.45, 2.75) is 32.1 Å². The largest absolute Gasteiger partial charge is 0.349 e. The lowest BCUT2D eigenvalue weighted by molar-refractivity contribution is 0.0934. The van der Waals surface area contributed by atoms with E-state index in [4.69, 9.17) is 0 Å². The number of H-pyrrole nitrogens is 1. The first-order chi connectivity index (χ1) is 10.6. The Morgan fingerprint density at radius 2 is 2.50 bits per heavy atom. The normalized spacial score (nSPS) is 22.1. The van der Waals surface area contributed by atoms with Gasteiger partial charge in [0.15, 0.2) is 5.69 Å². The van der Waals surface area contributed by atoms with Crippen LogP contribution < -0.4 is 5.32 Å². The van der Waals surface area contributed by atoms with Crippen LogP contribution in [0.15, 0.2) is 11.6 Å². The Bertz CT molecular complexity index is 630. The highest BCUT2D eigenvalue weighted by molar-refractivity contribution is 7.09. The molecule has 0 bridgehead atoms. The molecule has 2 atom stereocenters. The molecule has 2 aromatic heterocycles. The third-order valence-corrected chi connectivity index (χ3v) is 4.48. The number of nitrogens with zero attached hydrogens (tertiary/aromatic N) is 4. The van der Waals surface area contributed by atoms with Gasteiger partial charge in [0, 0.05) is 31.1 Å². The highest BCUT2D eigenvalue weighted by Gasteiger charge is 2.32. The average molecular weight is 324 g/mol. The van der Waals surface area contributed by atoms with Crippen molar-refractivity contribution in [2.75, 3.05) is 13.1 Å². The van der Waals surface area contributed by atoms with Gasteiger partial charge in [-0.25, -0.2) is 9.37 Å². The smallest absolute Gasteiger partial charge is 0.273 e. The Balaban J connectivity index is 1.57. The van der Waals surface area contributed by atoms with Gasteiger partial charge in [0.1, 0.15) is 6.17 Å². The summed E-state index contributed by atoms with van der Waals surface area (Å²) >= 11 is 1.59. The molecule has 0 radical (unpaired) electrons. The van der Waals surface area contributed by atoms with Crippen molar-refractivity contribution in [2.24, 2.45) is 0 Å². The minimum absolute atomic E-state index is 0.0344. The quantitative estimate of drug-likeness (QED) is 0.854. The Hall–Kier alpha value is -1.87. The van der Waals surface area contributed by atoms with Gasteiger partial charge in [0.05, 0.1) is 16.9 Å². The fourth-order valence-electron chi connectivity index (χ4n) is 2.63. The monoisotopic (exact) mass is 324 g/mol. The molecule has 22 heavy (non-hydrogen) atoms. The zero-order chi connectivity index (χ0) is 15.5. The molecule has 0 saturated carbocycles. The third kappa shape index (κ3) is 3.47. The first-order valence-electron chi connectivity index (χ1n) is 7.05. The first kappa shape index (κ1) is 15.0. The first-order valence-corrected chi connectivity index (χ1v) is 7.93. The number of alkyl halides is 1. The molecule has 2 aromatic rings. The van der Waals surface area contributed by atoms with E-state index >= 15 is 0 Å². The number of amides is 1. The summed E-state index contributed by atoms with van der Waals surface area (Å²) in [5.74, 6) is -0.305. The second-order valence-corrected chi connectivity index (χ2v) is 6.40. The van der Waals surface area contributed by atoms with Crippen molar-refractivity contribution in [1.82, 2.24) is 30.6 Å². The summed E-state index contributed by atoms with van der Waals surface area (Å²) in [4.78, 5) is 18.3. The van der Waals surface area contributed by atoms with Crippen LogP contribution in [0, 0.1) is 6.92 Å². The Morgan fingerprint density at radius 1 is 1.64 bits per heavy atom. The van der Waals surface area contributed by atoms with Crippen molar-refractivity contribution in [3.05, 3.63) is 28.0 Å². The van der Waals surface area contributed by atoms with Crippen LogP contribution in [0.4, 0.5) is 4.39 Å². The lowest BCUT2D eigenvalue weighted by atomic mass is 10.2. The minimum atomic E-state index is -0.867. The van der Waals surface area contributed by atoms with Gasteiger partial charge < -0.3 is 5.32 Å². The van der Waals surface area contributed by atoms with E-state index in [2.05, 4.69) is 25.7 Å². The third-order valence-electron chi connectivity index (χ3n) is 3.65.